The van der Waals surface area contributed by atoms with E-state index in [0.29, 0.717) is 18.5 Å². The Morgan fingerprint density at radius 1 is 0.818 bits per heavy atom. The summed E-state index contributed by atoms with van der Waals surface area (Å²) < 4.78 is 0. The monoisotopic (exact) mass is 441 g/mol. The number of carbonyl (C=O) groups is 3. The lowest BCUT2D eigenvalue weighted by Crippen LogP contribution is -2.47. The van der Waals surface area contributed by atoms with Crippen LogP contribution in [-0.2, 0) is 28.0 Å². The molecule has 0 aliphatic carbocycles. The van der Waals surface area contributed by atoms with Gasteiger partial charge in [-0.3, -0.25) is 14.5 Å². The molecular weight excluding hydrogens is 414 g/mol. The van der Waals surface area contributed by atoms with E-state index < -0.39 is 17.5 Å². The maximum Gasteiger partial charge on any atom is 0.325 e. The number of nitrogens with one attached hydrogen (secondary N) is 2. The van der Waals surface area contributed by atoms with Gasteiger partial charge in [0.25, 0.3) is 5.91 Å². The molecule has 0 radical (unpaired) electrons. The Morgan fingerprint density at radius 3 is 2.03 bits per heavy atom. The number of hydrogen-bond acceptors (Lipinski definition) is 3. The zero-order valence-corrected chi connectivity index (χ0v) is 18.4. The number of benzene rings is 3. The first-order valence-electron chi connectivity index (χ1n) is 11.1. The van der Waals surface area contributed by atoms with Gasteiger partial charge in [-0.1, -0.05) is 91.0 Å². The SMILES string of the molecule is O=C(CN1C(=O)N[C@@](Cc2ccccc2)(c2ccccc2)C1=O)NCCCc1ccccc1. The van der Waals surface area contributed by atoms with Crippen LogP contribution in [0.2, 0.25) is 0 Å². The summed E-state index contributed by atoms with van der Waals surface area (Å²) in [5, 5.41) is 5.71. The molecule has 0 saturated carbocycles. The molecule has 1 saturated heterocycles. The van der Waals surface area contributed by atoms with Gasteiger partial charge in [0.15, 0.2) is 5.54 Å². The van der Waals surface area contributed by atoms with Crippen molar-refractivity contribution in [3.63, 3.8) is 0 Å². The molecule has 6 nitrogen and oxygen atoms in total. The molecule has 0 spiro atoms. The van der Waals surface area contributed by atoms with Crippen LogP contribution in [0, 0.1) is 0 Å². The number of nitrogens with zero attached hydrogens (tertiary/aromatic N) is 1. The number of carbonyl (C=O) groups excluding carboxylic acids is 3. The molecule has 1 heterocycles. The van der Waals surface area contributed by atoms with Crippen molar-refractivity contribution in [3.8, 4) is 0 Å². The van der Waals surface area contributed by atoms with Crippen molar-refractivity contribution in [1.82, 2.24) is 15.5 Å². The summed E-state index contributed by atoms with van der Waals surface area (Å²) in [5.74, 6) is -0.767. The number of imide groups is 1. The maximum atomic E-state index is 13.6. The Hall–Kier alpha value is -3.93. The van der Waals surface area contributed by atoms with Crippen LogP contribution in [-0.4, -0.2) is 35.8 Å². The number of urea groups is 1. The molecule has 1 atom stereocenters. The van der Waals surface area contributed by atoms with E-state index in [1.165, 1.54) is 5.56 Å². The number of aryl methyl sites for hydroxylation is 1. The minimum absolute atomic E-state index is 0.303. The molecule has 4 rings (SSSR count). The number of rotatable bonds is 9. The standard InChI is InChI=1S/C27H27N3O3/c31-24(28-18-10-15-21-11-4-1-5-12-21)20-30-25(32)27(29-26(30)33,23-16-8-3-9-17-23)19-22-13-6-2-7-14-22/h1-9,11-14,16-17H,10,15,18-20H2,(H,28,31)(H,29,33)/t27-/m0/s1. The normalized spacial score (nSPS) is 17.6. The smallest absolute Gasteiger partial charge is 0.325 e. The molecule has 33 heavy (non-hydrogen) atoms. The summed E-state index contributed by atoms with van der Waals surface area (Å²) in [7, 11) is 0. The van der Waals surface area contributed by atoms with Crippen molar-refractivity contribution in [1.29, 1.82) is 0 Å². The summed E-state index contributed by atoms with van der Waals surface area (Å²) in [4.78, 5) is 39.9. The van der Waals surface area contributed by atoms with E-state index in [9.17, 15) is 14.4 Å². The van der Waals surface area contributed by atoms with Crippen molar-refractivity contribution in [2.24, 2.45) is 0 Å². The van der Waals surface area contributed by atoms with E-state index >= 15 is 0 Å². The fraction of sp³-hybridized carbons (Fsp3) is 0.222. The van der Waals surface area contributed by atoms with Gasteiger partial charge in [0.05, 0.1) is 0 Å². The second-order valence-electron chi connectivity index (χ2n) is 8.19. The molecule has 0 bridgehead atoms. The first kappa shape index (κ1) is 22.3. The highest BCUT2D eigenvalue weighted by Crippen LogP contribution is 2.32. The predicted octanol–water partition coefficient (Wildman–Crippen LogP) is 3.43. The van der Waals surface area contributed by atoms with Crippen molar-refractivity contribution >= 4 is 17.8 Å². The van der Waals surface area contributed by atoms with Crippen LogP contribution in [0.4, 0.5) is 4.79 Å². The minimum atomic E-state index is -1.24. The molecule has 2 N–H and O–H groups in total. The van der Waals surface area contributed by atoms with Crippen LogP contribution >= 0.6 is 0 Å². The highest BCUT2D eigenvalue weighted by atomic mass is 16.2. The number of hydrogen-bond donors (Lipinski definition) is 2. The molecule has 4 amide bonds. The van der Waals surface area contributed by atoms with Gasteiger partial charge in [-0.15, -0.1) is 0 Å². The van der Waals surface area contributed by atoms with E-state index in [1.807, 2.05) is 91.0 Å². The van der Waals surface area contributed by atoms with Gasteiger partial charge in [-0.05, 0) is 29.5 Å². The van der Waals surface area contributed by atoms with E-state index in [1.54, 1.807) is 0 Å². The van der Waals surface area contributed by atoms with Gasteiger partial charge in [0.1, 0.15) is 6.54 Å². The van der Waals surface area contributed by atoms with E-state index in [-0.39, 0.29) is 12.5 Å². The summed E-state index contributed by atoms with van der Waals surface area (Å²) in [5.41, 5.74) is 1.57. The Balaban J connectivity index is 1.43. The molecule has 1 aliphatic rings. The lowest BCUT2D eigenvalue weighted by molar-refractivity contribution is -0.135. The fourth-order valence-corrected chi connectivity index (χ4v) is 4.18. The zero-order chi connectivity index (χ0) is 23.1. The maximum absolute atomic E-state index is 13.6. The quantitative estimate of drug-likeness (QED) is 0.395. The Bertz CT molecular complexity index is 1100. The van der Waals surface area contributed by atoms with Crippen molar-refractivity contribution in [2.45, 2.75) is 24.8 Å². The molecule has 1 fully saturated rings. The van der Waals surface area contributed by atoms with Crippen LogP contribution in [0.3, 0.4) is 0 Å². The summed E-state index contributed by atoms with van der Waals surface area (Å²) in [6, 6.07) is 28.2. The third-order valence-corrected chi connectivity index (χ3v) is 5.86. The first-order chi connectivity index (χ1) is 16.1. The van der Waals surface area contributed by atoms with Crippen LogP contribution in [0.1, 0.15) is 23.1 Å². The lowest BCUT2D eigenvalue weighted by atomic mass is 9.83. The van der Waals surface area contributed by atoms with E-state index in [2.05, 4.69) is 10.6 Å². The molecule has 0 unspecified atom stereocenters. The predicted molar refractivity (Wildman–Crippen MR) is 126 cm³/mol. The lowest BCUT2D eigenvalue weighted by Gasteiger charge is -2.27. The Labute approximate surface area is 193 Å². The third kappa shape index (κ3) is 5.12. The summed E-state index contributed by atoms with van der Waals surface area (Å²) in [6.07, 6.45) is 1.92. The molecular formula is C27H27N3O3. The molecule has 0 aromatic heterocycles. The average Bonchev–Trinajstić information content (AvgIpc) is 3.08. The second-order valence-corrected chi connectivity index (χ2v) is 8.19. The van der Waals surface area contributed by atoms with E-state index in [0.717, 1.165) is 23.3 Å². The van der Waals surface area contributed by atoms with Gasteiger partial charge in [0.2, 0.25) is 5.91 Å². The third-order valence-electron chi connectivity index (χ3n) is 5.86. The minimum Gasteiger partial charge on any atom is -0.355 e. The molecule has 168 valence electrons. The Kier molecular flexibility index (Phi) is 6.83. The fourth-order valence-electron chi connectivity index (χ4n) is 4.18. The molecule has 1 aliphatic heterocycles. The summed E-state index contributed by atoms with van der Waals surface area (Å²) in [6.45, 7) is 0.171. The molecule has 3 aromatic rings. The first-order valence-corrected chi connectivity index (χ1v) is 11.1. The van der Waals surface area contributed by atoms with Crippen molar-refractivity contribution in [3.05, 3.63) is 108 Å². The van der Waals surface area contributed by atoms with Gasteiger partial charge in [-0.25, -0.2) is 4.79 Å². The van der Waals surface area contributed by atoms with E-state index in [4.69, 9.17) is 0 Å². The molecule has 6 heteroatoms. The summed E-state index contributed by atoms with van der Waals surface area (Å²) >= 11 is 0. The van der Waals surface area contributed by atoms with Gasteiger partial charge < -0.3 is 10.6 Å². The number of amides is 4. The van der Waals surface area contributed by atoms with Gasteiger partial charge in [0, 0.05) is 13.0 Å². The molecule has 3 aromatic carbocycles. The second kappa shape index (κ2) is 10.1. The largest absolute Gasteiger partial charge is 0.355 e. The Morgan fingerprint density at radius 2 is 1.39 bits per heavy atom. The van der Waals surface area contributed by atoms with Gasteiger partial charge in [-0.2, -0.15) is 0 Å². The van der Waals surface area contributed by atoms with Crippen LogP contribution in [0.25, 0.3) is 0 Å². The average molecular weight is 442 g/mol. The van der Waals surface area contributed by atoms with Crippen molar-refractivity contribution < 1.29 is 14.4 Å². The highest BCUT2D eigenvalue weighted by Gasteiger charge is 2.52. The van der Waals surface area contributed by atoms with Crippen molar-refractivity contribution in [2.75, 3.05) is 13.1 Å². The zero-order valence-electron chi connectivity index (χ0n) is 18.4. The topological polar surface area (TPSA) is 78.5 Å². The van der Waals surface area contributed by atoms with Gasteiger partial charge >= 0.3 is 6.03 Å². The van der Waals surface area contributed by atoms with Crippen LogP contribution in [0.5, 0.6) is 0 Å². The van der Waals surface area contributed by atoms with Crippen LogP contribution < -0.4 is 10.6 Å². The highest BCUT2D eigenvalue weighted by molar-refractivity contribution is 6.09. The van der Waals surface area contributed by atoms with Crippen LogP contribution in [0.15, 0.2) is 91.0 Å².